The van der Waals surface area contributed by atoms with Crippen LogP contribution in [0.15, 0.2) is 36.5 Å². The van der Waals surface area contributed by atoms with E-state index in [1.807, 2.05) is 30.9 Å². The summed E-state index contributed by atoms with van der Waals surface area (Å²) in [6.45, 7) is 5.90. The minimum Gasteiger partial charge on any atom is -0.478 e. The molecule has 0 saturated carbocycles. The lowest BCUT2D eigenvalue weighted by Crippen LogP contribution is -2.50. The Morgan fingerprint density at radius 3 is 2.56 bits per heavy atom. The van der Waals surface area contributed by atoms with Gasteiger partial charge in [-0.05, 0) is 49.2 Å². The fourth-order valence-corrected chi connectivity index (χ4v) is 3.21. The van der Waals surface area contributed by atoms with Gasteiger partial charge in [0.25, 0.3) is 0 Å². The molecule has 3 rings (SSSR count). The van der Waals surface area contributed by atoms with Crippen molar-refractivity contribution in [3.8, 4) is 0 Å². The lowest BCUT2D eigenvalue weighted by Gasteiger charge is -2.34. The molecule has 2 heterocycles. The van der Waals surface area contributed by atoms with Crippen LogP contribution < -0.4 is 4.90 Å². The molecular formula is C19H21N3O3. The van der Waals surface area contributed by atoms with Crippen molar-refractivity contribution in [2.24, 2.45) is 0 Å². The quantitative estimate of drug-likeness (QED) is 0.925. The van der Waals surface area contributed by atoms with Crippen LogP contribution in [0.1, 0.15) is 27.2 Å². The highest BCUT2D eigenvalue weighted by molar-refractivity contribution is 5.95. The van der Waals surface area contributed by atoms with Crippen molar-refractivity contribution in [1.82, 2.24) is 9.88 Å². The van der Waals surface area contributed by atoms with Gasteiger partial charge in [0.15, 0.2) is 0 Å². The fourth-order valence-electron chi connectivity index (χ4n) is 3.21. The third kappa shape index (κ3) is 3.85. The van der Waals surface area contributed by atoms with Crippen molar-refractivity contribution in [3.63, 3.8) is 0 Å². The number of hydrogen-bond acceptors (Lipinski definition) is 4. The van der Waals surface area contributed by atoms with E-state index in [9.17, 15) is 14.7 Å². The van der Waals surface area contributed by atoms with E-state index >= 15 is 0 Å². The number of rotatable bonds is 4. The first kappa shape index (κ1) is 17.1. The monoisotopic (exact) mass is 339 g/mol. The molecular weight excluding hydrogens is 318 g/mol. The number of aromatic nitrogens is 1. The Morgan fingerprint density at radius 1 is 1.20 bits per heavy atom. The van der Waals surface area contributed by atoms with Gasteiger partial charge in [-0.3, -0.25) is 14.7 Å². The van der Waals surface area contributed by atoms with Crippen molar-refractivity contribution >= 4 is 17.6 Å². The number of carbonyl (C=O) groups is 2. The summed E-state index contributed by atoms with van der Waals surface area (Å²) in [6.07, 6.45) is 1.58. The van der Waals surface area contributed by atoms with Crippen molar-refractivity contribution in [1.29, 1.82) is 0 Å². The molecule has 1 N–H and O–H groups in total. The van der Waals surface area contributed by atoms with E-state index in [1.54, 1.807) is 17.2 Å². The maximum Gasteiger partial charge on any atom is 0.337 e. The van der Waals surface area contributed by atoms with Crippen molar-refractivity contribution < 1.29 is 14.7 Å². The molecule has 25 heavy (non-hydrogen) atoms. The summed E-state index contributed by atoms with van der Waals surface area (Å²) in [5.74, 6) is -0.979. The molecule has 130 valence electrons. The molecule has 6 nitrogen and oxygen atoms in total. The first-order chi connectivity index (χ1) is 11.9. The van der Waals surface area contributed by atoms with Gasteiger partial charge in [0, 0.05) is 31.5 Å². The zero-order valence-electron chi connectivity index (χ0n) is 14.4. The van der Waals surface area contributed by atoms with Gasteiger partial charge < -0.3 is 10.0 Å². The van der Waals surface area contributed by atoms with Gasteiger partial charge in [-0.15, -0.1) is 0 Å². The topological polar surface area (TPSA) is 73.7 Å². The number of amides is 1. The number of anilines is 1. The molecule has 1 amide bonds. The number of carbonyl (C=O) groups excluding carboxylic acids is 1. The normalized spacial score (nSPS) is 15.4. The summed E-state index contributed by atoms with van der Waals surface area (Å²) in [5, 5.41) is 9.26. The smallest absolute Gasteiger partial charge is 0.337 e. The van der Waals surface area contributed by atoms with E-state index in [-0.39, 0.29) is 18.0 Å². The molecule has 1 aromatic carbocycles. The highest BCUT2D eigenvalue weighted by atomic mass is 16.4. The second kappa shape index (κ2) is 7.03. The highest BCUT2D eigenvalue weighted by Crippen LogP contribution is 2.21. The van der Waals surface area contributed by atoms with Crippen LogP contribution in [-0.4, -0.2) is 46.5 Å². The Labute approximate surface area is 146 Å². The molecule has 6 heteroatoms. The zero-order valence-corrected chi connectivity index (χ0v) is 14.4. The van der Waals surface area contributed by atoms with Crippen molar-refractivity contribution in [2.45, 2.75) is 20.4 Å². The minimum atomic E-state index is -0.997. The Hall–Kier alpha value is -2.73. The summed E-state index contributed by atoms with van der Waals surface area (Å²) in [5.41, 5.74) is 3.86. The van der Waals surface area contributed by atoms with E-state index in [4.69, 9.17) is 0 Å². The van der Waals surface area contributed by atoms with E-state index in [2.05, 4.69) is 11.1 Å². The predicted octanol–water partition coefficient (Wildman–Crippen LogP) is 2.25. The van der Waals surface area contributed by atoms with Crippen LogP contribution in [0.25, 0.3) is 0 Å². The van der Waals surface area contributed by atoms with Gasteiger partial charge in [0.05, 0.1) is 17.8 Å². The number of aromatic carboxylic acids is 1. The first-order valence-electron chi connectivity index (χ1n) is 8.22. The fraction of sp³-hybridized carbons (Fsp3) is 0.316. The summed E-state index contributed by atoms with van der Waals surface area (Å²) in [4.78, 5) is 31.8. The molecule has 0 aliphatic carbocycles. The van der Waals surface area contributed by atoms with Gasteiger partial charge in [-0.1, -0.05) is 6.07 Å². The third-order valence-corrected chi connectivity index (χ3v) is 4.31. The number of piperazine rings is 1. The Kier molecular flexibility index (Phi) is 4.81. The number of carboxylic acid groups (broad SMARTS) is 1. The van der Waals surface area contributed by atoms with Crippen LogP contribution in [0.4, 0.5) is 5.69 Å². The molecule has 0 unspecified atom stereocenters. The summed E-state index contributed by atoms with van der Waals surface area (Å²) in [6, 6.07) is 9.26. The molecule has 1 fully saturated rings. The van der Waals surface area contributed by atoms with Crippen LogP contribution in [0, 0.1) is 13.8 Å². The van der Waals surface area contributed by atoms with Gasteiger partial charge >= 0.3 is 5.97 Å². The van der Waals surface area contributed by atoms with Gasteiger partial charge in [-0.25, -0.2) is 4.79 Å². The van der Waals surface area contributed by atoms with Crippen LogP contribution in [0.2, 0.25) is 0 Å². The van der Waals surface area contributed by atoms with E-state index in [0.29, 0.717) is 25.3 Å². The van der Waals surface area contributed by atoms with E-state index in [1.165, 1.54) is 6.07 Å². The maximum atomic E-state index is 12.6. The van der Waals surface area contributed by atoms with Gasteiger partial charge in [0.2, 0.25) is 5.91 Å². The highest BCUT2D eigenvalue weighted by Gasteiger charge is 2.26. The average Bonchev–Trinajstić information content (AvgIpc) is 2.54. The molecule has 1 saturated heterocycles. The first-order valence-corrected chi connectivity index (χ1v) is 8.22. The number of benzene rings is 1. The number of carboxylic acids is 1. The molecule has 1 aromatic heterocycles. The van der Waals surface area contributed by atoms with Crippen LogP contribution in [0.5, 0.6) is 0 Å². The minimum absolute atomic E-state index is 0.0176. The lowest BCUT2D eigenvalue weighted by atomic mass is 10.1. The lowest BCUT2D eigenvalue weighted by molar-refractivity contribution is -0.121. The molecule has 1 aliphatic rings. The Morgan fingerprint density at radius 2 is 1.92 bits per heavy atom. The number of nitrogens with zero attached hydrogens (tertiary/aromatic N) is 3. The SMILES string of the molecule is Cc1cc(C)cc(N2CCN(Cc3ncccc3C(=O)O)CC2=O)c1. The maximum absolute atomic E-state index is 12.6. The zero-order chi connectivity index (χ0) is 18.0. The van der Waals surface area contributed by atoms with Crippen molar-refractivity contribution in [2.75, 3.05) is 24.5 Å². The van der Waals surface area contributed by atoms with E-state index < -0.39 is 5.97 Å². The Bertz CT molecular complexity index is 799. The number of pyridine rings is 1. The standard InChI is InChI=1S/C19H21N3O3/c1-13-8-14(2)10-15(9-13)22-7-6-21(12-18(22)23)11-17-16(19(24)25)4-3-5-20-17/h3-5,8-10H,6-7,11-12H2,1-2H3,(H,24,25). The number of hydrogen-bond donors (Lipinski definition) is 1. The second-order valence-electron chi connectivity index (χ2n) is 6.40. The van der Waals surface area contributed by atoms with E-state index in [0.717, 1.165) is 16.8 Å². The summed E-state index contributed by atoms with van der Waals surface area (Å²) < 4.78 is 0. The van der Waals surface area contributed by atoms with Crippen LogP contribution >= 0.6 is 0 Å². The molecule has 0 bridgehead atoms. The molecule has 2 aromatic rings. The summed E-state index contributed by atoms with van der Waals surface area (Å²) >= 11 is 0. The van der Waals surface area contributed by atoms with Crippen molar-refractivity contribution in [3.05, 3.63) is 58.9 Å². The van der Waals surface area contributed by atoms with Crippen LogP contribution in [0.3, 0.4) is 0 Å². The molecule has 0 radical (unpaired) electrons. The van der Waals surface area contributed by atoms with Crippen LogP contribution in [-0.2, 0) is 11.3 Å². The number of aryl methyl sites for hydroxylation is 2. The summed E-state index contributed by atoms with van der Waals surface area (Å²) in [7, 11) is 0. The molecule has 0 spiro atoms. The predicted molar refractivity (Wildman–Crippen MR) is 94.7 cm³/mol. The third-order valence-electron chi connectivity index (χ3n) is 4.31. The van der Waals surface area contributed by atoms with Gasteiger partial charge in [0.1, 0.15) is 0 Å². The second-order valence-corrected chi connectivity index (χ2v) is 6.40. The van der Waals surface area contributed by atoms with Gasteiger partial charge in [-0.2, -0.15) is 0 Å². The molecule has 1 aliphatic heterocycles. The Balaban J connectivity index is 1.72. The molecule has 0 atom stereocenters. The average molecular weight is 339 g/mol. The largest absolute Gasteiger partial charge is 0.478 e.